The van der Waals surface area contributed by atoms with Gasteiger partial charge >= 0.3 is 0 Å². The van der Waals surface area contributed by atoms with Gasteiger partial charge < -0.3 is 5.73 Å². The molecule has 2 aromatic carbocycles. The smallest absolute Gasteiger partial charge is 0.292 e. The molecule has 0 unspecified atom stereocenters. The maximum atomic E-state index is 12.9. The van der Waals surface area contributed by atoms with Crippen LogP contribution in [0.4, 0.5) is 5.82 Å². The van der Waals surface area contributed by atoms with E-state index in [9.17, 15) is 9.59 Å². The number of para-hydroxylation sites is 1. The summed E-state index contributed by atoms with van der Waals surface area (Å²) in [7, 11) is 0. The summed E-state index contributed by atoms with van der Waals surface area (Å²) in [4.78, 5) is 37.4. The molecule has 2 aromatic heterocycles. The molecule has 4 rings (SSSR count). The van der Waals surface area contributed by atoms with Gasteiger partial charge in [0, 0.05) is 28.4 Å². The van der Waals surface area contributed by atoms with Gasteiger partial charge in [0.15, 0.2) is 11.5 Å². The highest BCUT2D eigenvalue weighted by atomic mass is 35.5. The van der Waals surface area contributed by atoms with Crippen LogP contribution in [0, 0.1) is 0 Å². The van der Waals surface area contributed by atoms with Gasteiger partial charge in [-0.15, -0.1) is 0 Å². The van der Waals surface area contributed by atoms with Crippen LogP contribution < -0.4 is 16.6 Å². The fourth-order valence-corrected chi connectivity index (χ4v) is 3.02. The van der Waals surface area contributed by atoms with Crippen LogP contribution in [-0.2, 0) is 0 Å². The molecule has 0 saturated carbocycles. The summed E-state index contributed by atoms with van der Waals surface area (Å²) in [6.07, 6.45) is 2.70. The number of hydrogen-bond donors (Lipinski definition) is 3. The van der Waals surface area contributed by atoms with Crippen LogP contribution in [0.25, 0.3) is 22.2 Å². The number of carbonyl (C=O) groups excluding carboxylic acids is 2. The minimum Gasteiger partial charge on any atom is -0.382 e. The lowest BCUT2D eigenvalue weighted by Gasteiger charge is -2.11. The van der Waals surface area contributed by atoms with E-state index in [0.717, 1.165) is 5.56 Å². The molecule has 8 nitrogen and oxygen atoms in total. The van der Waals surface area contributed by atoms with Crippen molar-refractivity contribution in [1.29, 1.82) is 0 Å². The normalized spacial score (nSPS) is 10.6. The number of carbonyl (C=O) groups is 2. The van der Waals surface area contributed by atoms with Crippen molar-refractivity contribution in [2.75, 3.05) is 5.73 Å². The maximum Gasteiger partial charge on any atom is 0.292 e. The lowest BCUT2D eigenvalue weighted by atomic mass is 10.0. The predicted octanol–water partition coefficient (Wildman–Crippen LogP) is 3.00. The molecular weight excluding hydrogens is 404 g/mol. The van der Waals surface area contributed by atoms with Crippen molar-refractivity contribution in [3.8, 4) is 11.3 Å². The molecule has 0 saturated heterocycles. The van der Waals surface area contributed by atoms with E-state index in [-0.39, 0.29) is 11.5 Å². The monoisotopic (exact) mass is 418 g/mol. The van der Waals surface area contributed by atoms with E-state index in [0.29, 0.717) is 27.2 Å². The first-order valence-electron chi connectivity index (χ1n) is 8.86. The van der Waals surface area contributed by atoms with Gasteiger partial charge in [-0.3, -0.25) is 20.4 Å². The zero-order valence-corrected chi connectivity index (χ0v) is 16.2. The average molecular weight is 419 g/mol. The summed E-state index contributed by atoms with van der Waals surface area (Å²) in [5.74, 6) is -1.23. The number of nitrogen functional groups attached to an aromatic ring is 1. The molecule has 2 amide bonds. The number of benzene rings is 2. The molecule has 2 heterocycles. The van der Waals surface area contributed by atoms with E-state index in [1.165, 1.54) is 12.4 Å². The molecular formula is C21H15ClN6O2. The van der Waals surface area contributed by atoms with Crippen LogP contribution in [0.1, 0.15) is 20.8 Å². The molecule has 0 atom stereocenters. The van der Waals surface area contributed by atoms with Gasteiger partial charge in [-0.05, 0) is 24.3 Å². The van der Waals surface area contributed by atoms with E-state index in [2.05, 4.69) is 25.8 Å². The Bertz CT molecular complexity index is 1260. The second kappa shape index (κ2) is 8.14. The Labute approximate surface area is 176 Å². The van der Waals surface area contributed by atoms with Crippen LogP contribution in [0.15, 0.2) is 67.0 Å². The van der Waals surface area contributed by atoms with E-state index < -0.39 is 11.8 Å². The number of anilines is 1. The fraction of sp³-hybridized carbons (Fsp3) is 0. The van der Waals surface area contributed by atoms with Gasteiger partial charge in [0.05, 0.1) is 16.8 Å². The van der Waals surface area contributed by atoms with Crippen molar-refractivity contribution in [2.45, 2.75) is 0 Å². The minimum absolute atomic E-state index is 0.0383. The topological polar surface area (TPSA) is 123 Å². The SMILES string of the molecule is Nc1nccnc1C(=O)NNC(=O)c1cc(-c2ccc(Cl)cc2)nc2ccccc12. The average Bonchev–Trinajstić information content (AvgIpc) is 2.77. The number of nitrogens with one attached hydrogen (secondary N) is 2. The Morgan fingerprint density at radius 3 is 2.37 bits per heavy atom. The first-order chi connectivity index (χ1) is 14.5. The summed E-state index contributed by atoms with van der Waals surface area (Å²) in [5.41, 5.74) is 12.6. The Kier molecular flexibility index (Phi) is 5.23. The number of nitrogens with zero attached hydrogens (tertiary/aromatic N) is 3. The third-order valence-electron chi connectivity index (χ3n) is 4.33. The molecule has 0 aliphatic rings. The second-order valence-electron chi connectivity index (χ2n) is 6.28. The highest BCUT2D eigenvalue weighted by Crippen LogP contribution is 2.25. The minimum atomic E-state index is -0.676. The van der Waals surface area contributed by atoms with Crippen molar-refractivity contribution < 1.29 is 9.59 Å². The standard InChI is InChI=1S/C21H15ClN6O2/c22-13-7-5-12(6-8-13)17-11-15(14-3-1-2-4-16(14)26-17)20(29)27-28-21(30)18-19(23)25-10-9-24-18/h1-11H,(H2,23,25)(H,27,29)(H,28,30). The summed E-state index contributed by atoms with van der Waals surface area (Å²) in [5, 5.41) is 1.24. The van der Waals surface area contributed by atoms with Gasteiger partial charge in [-0.2, -0.15) is 0 Å². The van der Waals surface area contributed by atoms with Crippen molar-refractivity contribution in [2.24, 2.45) is 0 Å². The number of hydrogen-bond acceptors (Lipinski definition) is 6. The van der Waals surface area contributed by atoms with E-state index in [1.807, 2.05) is 30.3 Å². The first-order valence-corrected chi connectivity index (χ1v) is 9.23. The number of rotatable bonds is 3. The predicted molar refractivity (Wildman–Crippen MR) is 114 cm³/mol. The third-order valence-corrected chi connectivity index (χ3v) is 4.58. The van der Waals surface area contributed by atoms with Crippen LogP contribution in [0.3, 0.4) is 0 Å². The molecule has 0 aliphatic carbocycles. The molecule has 0 aliphatic heterocycles. The molecule has 0 bridgehead atoms. The van der Waals surface area contributed by atoms with Crippen LogP contribution in [0.5, 0.6) is 0 Å². The number of hydrazine groups is 1. The first kappa shape index (κ1) is 19.3. The number of nitrogens with two attached hydrogens (primary N) is 1. The van der Waals surface area contributed by atoms with Crippen molar-refractivity contribution in [3.63, 3.8) is 0 Å². The number of aromatic nitrogens is 3. The lowest BCUT2D eigenvalue weighted by Crippen LogP contribution is -2.42. The summed E-state index contributed by atoms with van der Waals surface area (Å²) < 4.78 is 0. The van der Waals surface area contributed by atoms with Crippen LogP contribution in [-0.4, -0.2) is 26.8 Å². The largest absolute Gasteiger partial charge is 0.382 e. The van der Waals surface area contributed by atoms with Crippen LogP contribution >= 0.6 is 11.6 Å². The molecule has 148 valence electrons. The lowest BCUT2D eigenvalue weighted by molar-refractivity contribution is 0.0845. The number of halogens is 1. The Balaban J connectivity index is 1.65. The molecule has 0 fully saturated rings. The van der Waals surface area contributed by atoms with E-state index in [1.54, 1.807) is 24.3 Å². The van der Waals surface area contributed by atoms with Gasteiger partial charge in [0.2, 0.25) is 0 Å². The highest BCUT2D eigenvalue weighted by Gasteiger charge is 2.17. The fourth-order valence-electron chi connectivity index (χ4n) is 2.90. The zero-order valence-electron chi connectivity index (χ0n) is 15.5. The van der Waals surface area contributed by atoms with Crippen molar-refractivity contribution >= 4 is 40.1 Å². The number of fused-ring (bicyclic) bond motifs is 1. The summed E-state index contributed by atoms with van der Waals surface area (Å²) >= 11 is 5.97. The molecule has 30 heavy (non-hydrogen) atoms. The third kappa shape index (κ3) is 3.89. The molecule has 0 spiro atoms. The molecule has 4 N–H and O–H groups in total. The van der Waals surface area contributed by atoms with Crippen LogP contribution in [0.2, 0.25) is 5.02 Å². The number of pyridine rings is 1. The quantitative estimate of drug-likeness (QED) is 0.439. The van der Waals surface area contributed by atoms with Gasteiger partial charge in [-0.1, -0.05) is 41.9 Å². The summed E-state index contributed by atoms with van der Waals surface area (Å²) in [6.45, 7) is 0. The van der Waals surface area contributed by atoms with Gasteiger partial charge in [0.25, 0.3) is 11.8 Å². The Morgan fingerprint density at radius 1 is 0.900 bits per heavy atom. The Morgan fingerprint density at radius 2 is 1.60 bits per heavy atom. The Hall–Kier alpha value is -4.04. The van der Waals surface area contributed by atoms with Gasteiger partial charge in [0.1, 0.15) is 0 Å². The zero-order chi connectivity index (χ0) is 21.1. The summed E-state index contributed by atoms with van der Waals surface area (Å²) in [6, 6.07) is 16.0. The van der Waals surface area contributed by atoms with E-state index in [4.69, 9.17) is 17.3 Å². The van der Waals surface area contributed by atoms with Crippen molar-refractivity contribution in [3.05, 3.63) is 83.3 Å². The second-order valence-corrected chi connectivity index (χ2v) is 6.71. The van der Waals surface area contributed by atoms with Gasteiger partial charge in [-0.25, -0.2) is 15.0 Å². The highest BCUT2D eigenvalue weighted by molar-refractivity contribution is 6.30. The van der Waals surface area contributed by atoms with Crippen molar-refractivity contribution in [1.82, 2.24) is 25.8 Å². The van der Waals surface area contributed by atoms with E-state index >= 15 is 0 Å². The molecule has 9 heteroatoms. The number of amides is 2. The molecule has 4 aromatic rings. The maximum absolute atomic E-state index is 12.9. The molecule has 0 radical (unpaired) electrons.